The average Bonchev–Trinajstić information content (AvgIpc) is 2.49. The van der Waals surface area contributed by atoms with Crippen LogP contribution in [-0.2, 0) is 13.0 Å². The summed E-state index contributed by atoms with van der Waals surface area (Å²) in [6.45, 7) is 2.53. The summed E-state index contributed by atoms with van der Waals surface area (Å²) < 4.78 is 13.9. The predicted octanol–water partition coefficient (Wildman–Crippen LogP) is 2.36. The van der Waals surface area contributed by atoms with Crippen molar-refractivity contribution in [2.24, 2.45) is 0 Å². The number of fused-ring (bicyclic) bond motifs is 1. The van der Waals surface area contributed by atoms with E-state index in [0.29, 0.717) is 18.5 Å². The maximum atomic E-state index is 13.9. The van der Waals surface area contributed by atoms with Gasteiger partial charge in [0.15, 0.2) is 0 Å². The van der Waals surface area contributed by atoms with Crippen molar-refractivity contribution in [1.82, 2.24) is 4.90 Å². The zero-order chi connectivity index (χ0) is 11.0. The number of benzene rings is 1. The lowest BCUT2D eigenvalue weighted by atomic mass is 10.0. The van der Waals surface area contributed by atoms with Crippen molar-refractivity contribution < 1.29 is 9.18 Å². The minimum Gasteiger partial charge on any atom is -0.337 e. The summed E-state index contributed by atoms with van der Waals surface area (Å²) in [6, 6.07) is 3.66. The second-order valence-corrected chi connectivity index (χ2v) is 3.98. The third-order valence-corrected chi connectivity index (χ3v) is 2.80. The molecule has 0 spiro atoms. The van der Waals surface area contributed by atoms with Crippen LogP contribution < -0.4 is 0 Å². The van der Waals surface area contributed by atoms with E-state index >= 15 is 0 Å². The largest absolute Gasteiger partial charge is 0.337 e. The quantitative estimate of drug-likeness (QED) is 0.729. The summed E-state index contributed by atoms with van der Waals surface area (Å²) in [4.78, 5) is 13.2. The molecule has 0 radical (unpaired) electrons. The van der Waals surface area contributed by atoms with Gasteiger partial charge in [-0.3, -0.25) is 4.79 Å². The predicted molar refractivity (Wildman–Crippen MR) is 56.2 cm³/mol. The van der Waals surface area contributed by atoms with Gasteiger partial charge in [-0.25, -0.2) is 4.39 Å². The number of carbonyl (C=O) groups is 1. The van der Waals surface area contributed by atoms with Gasteiger partial charge in [0.25, 0.3) is 5.91 Å². The number of nitrogens with zero attached hydrogens (tertiary/aromatic N) is 1. The Hall–Kier alpha value is -1.38. The first-order valence-corrected chi connectivity index (χ1v) is 5.21. The second kappa shape index (κ2) is 3.65. The Morgan fingerprint density at radius 1 is 1.47 bits per heavy atom. The van der Waals surface area contributed by atoms with Crippen LogP contribution in [0.15, 0.2) is 12.1 Å². The lowest BCUT2D eigenvalue weighted by molar-refractivity contribution is 0.0813. The third-order valence-electron chi connectivity index (χ3n) is 2.80. The van der Waals surface area contributed by atoms with Crippen LogP contribution in [0, 0.1) is 5.82 Å². The van der Waals surface area contributed by atoms with Crippen LogP contribution in [0.5, 0.6) is 0 Å². The van der Waals surface area contributed by atoms with Crippen molar-refractivity contribution in [3.63, 3.8) is 0 Å². The number of amides is 1. The van der Waals surface area contributed by atoms with E-state index in [-0.39, 0.29) is 17.3 Å². The summed E-state index contributed by atoms with van der Waals surface area (Å²) in [5.74, 6) is -0.510. The van der Waals surface area contributed by atoms with E-state index < -0.39 is 0 Å². The first-order valence-electron chi connectivity index (χ1n) is 5.21. The molecule has 2 rings (SSSR count). The lowest BCUT2D eigenvalue weighted by Crippen LogP contribution is -2.18. The van der Waals surface area contributed by atoms with E-state index in [2.05, 4.69) is 0 Å². The minimum atomic E-state index is -0.316. The molecule has 0 saturated carbocycles. The molecule has 0 aromatic heterocycles. The van der Waals surface area contributed by atoms with Gasteiger partial charge < -0.3 is 4.90 Å². The highest BCUT2D eigenvalue weighted by Gasteiger charge is 2.28. The summed E-state index contributed by atoms with van der Waals surface area (Å²) >= 11 is 0. The van der Waals surface area contributed by atoms with E-state index in [9.17, 15) is 9.18 Å². The van der Waals surface area contributed by atoms with Gasteiger partial charge in [-0.05, 0) is 17.5 Å². The monoisotopic (exact) mass is 207 g/mol. The average molecular weight is 207 g/mol. The Balaban J connectivity index is 2.50. The Labute approximate surface area is 88.7 Å². The van der Waals surface area contributed by atoms with E-state index in [1.807, 2.05) is 13.0 Å². The van der Waals surface area contributed by atoms with Crippen molar-refractivity contribution >= 4 is 5.91 Å². The molecule has 0 bridgehead atoms. The topological polar surface area (TPSA) is 20.3 Å². The Morgan fingerprint density at radius 2 is 2.20 bits per heavy atom. The number of rotatable bonds is 2. The van der Waals surface area contributed by atoms with Crippen LogP contribution in [0.25, 0.3) is 0 Å². The Kier molecular flexibility index (Phi) is 2.47. The Morgan fingerprint density at radius 3 is 2.87 bits per heavy atom. The van der Waals surface area contributed by atoms with Crippen molar-refractivity contribution in [2.45, 2.75) is 26.3 Å². The fourth-order valence-electron chi connectivity index (χ4n) is 2.00. The molecule has 0 saturated heterocycles. The van der Waals surface area contributed by atoms with Crippen molar-refractivity contribution in [2.75, 3.05) is 7.05 Å². The van der Waals surface area contributed by atoms with Crippen LogP contribution >= 0.6 is 0 Å². The van der Waals surface area contributed by atoms with Crippen LogP contribution in [0.3, 0.4) is 0 Å². The molecule has 15 heavy (non-hydrogen) atoms. The highest BCUT2D eigenvalue weighted by Crippen LogP contribution is 2.26. The number of halogens is 1. The smallest absolute Gasteiger partial charge is 0.257 e. The number of hydrogen-bond donors (Lipinski definition) is 0. The molecular formula is C12H14FNO. The van der Waals surface area contributed by atoms with Crippen LogP contribution in [-0.4, -0.2) is 17.9 Å². The standard InChI is InChI=1S/C12H14FNO/c1-3-4-8-5-6-9-7-14(2)12(15)10(9)11(8)13/h5-6H,3-4,7H2,1-2H3. The zero-order valence-corrected chi connectivity index (χ0v) is 9.01. The van der Waals surface area contributed by atoms with Gasteiger partial charge in [0, 0.05) is 13.6 Å². The molecule has 1 amide bonds. The van der Waals surface area contributed by atoms with E-state index in [1.54, 1.807) is 18.0 Å². The summed E-state index contributed by atoms with van der Waals surface area (Å²) in [5.41, 5.74) is 1.74. The molecule has 2 nitrogen and oxygen atoms in total. The van der Waals surface area contributed by atoms with Gasteiger partial charge in [0.05, 0.1) is 5.56 Å². The maximum absolute atomic E-state index is 13.9. The van der Waals surface area contributed by atoms with Gasteiger partial charge >= 0.3 is 0 Å². The SMILES string of the molecule is CCCc1ccc2c(c1F)C(=O)N(C)C2. The number of hydrogen-bond acceptors (Lipinski definition) is 1. The van der Waals surface area contributed by atoms with Gasteiger partial charge in [0.2, 0.25) is 0 Å². The summed E-state index contributed by atoms with van der Waals surface area (Å²) in [5, 5.41) is 0. The van der Waals surface area contributed by atoms with Crippen LogP contribution in [0.2, 0.25) is 0 Å². The molecule has 1 aliphatic heterocycles. The van der Waals surface area contributed by atoms with Crippen LogP contribution in [0.4, 0.5) is 4.39 Å². The number of aryl methyl sites for hydroxylation is 1. The molecule has 1 heterocycles. The molecule has 0 aliphatic carbocycles. The molecule has 1 aromatic carbocycles. The highest BCUT2D eigenvalue weighted by molar-refractivity contribution is 5.98. The lowest BCUT2D eigenvalue weighted by Gasteiger charge is -2.05. The van der Waals surface area contributed by atoms with E-state index in [4.69, 9.17) is 0 Å². The van der Waals surface area contributed by atoms with Gasteiger partial charge in [-0.2, -0.15) is 0 Å². The molecule has 0 fully saturated rings. The summed E-state index contributed by atoms with van der Waals surface area (Å²) in [6.07, 6.45) is 1.58. The molecule has 0 atom stereocenters. The maximum Gasteiger partial charge on any atom is 0.257 e. The zero-order valence-electron chi connectivity index (χ0n) is 9.01. The fourth-order valence-corrected chi connectivity index (χ4v) is 2.00. The fraction of sp³-hybridized carbons (Fsp3) is 0.417. The molecular weight excluding hydrogens is 193 g/mol. The summed E-state index contributed by atoms with van der Waals surface area (Å²) in [7, 11) is 1.70. The molecule has 80 valence electrons. The third kappa shape index (κ3) is 1.52. The van der Waals surface area contributed by atoms with Gasteiger partial charge in [0.1, 0.15) is 5.82 Å². The molecule has 0 unspecified atom stereocenters. The molecule has 0 N–H and O–H groups in total. The first kappa shape index (κ1) is 10.1. The van der Waals surface area contributed by atoms with Crippen molar-refractivity contribution in [1.29, 1.82) is 0 Å². The normalized spacial score (nSPS) is 14.6. The van der Waals surface area contributed by atoms with Crippen molar-refractivity contribution in [3.8, 4) is 0 Å². The molecule has 3 heteroatoms. The van der Waals surface area contributed by atoms with Gasteiger partial charge in [-0.1, -0.05) is 25.5 Å². The Bertz CT molecular complexity index is 414. The minimum absolute atomic E-state index is 0.194. The number of carbonyl (C=O) groups excluding carboxylic acids is 1. The van der Waals surface area contributed by atoms with E-state index in [1.165, 1.54) is 0 Å². The van der Waals surface area contributed by atoms with Crippen LogP contribution in [0.1, 0.15) is 34.8 Å². The highest BCUT2D eigenvalue weighted by atomic mass is 19.1. The van der Waals surface area contributed by atoms with E-state index in [0.717, 1.165) is 12.0 Å². The molecule has 1 aliphatic rings. The first-order chi connectivity index (χ1) is 7.15. The van der Waals surface area contributed by atoms with Gasteiger partial charge in [-0.15, -0.1) is 0 Å². The second-order valence-electron chi connectivity index (χ2n) is 3.98. The molecule has 1 aromatic rings. The van der Waals surface area contributed by atoms with Crippen molar-refractivity contribution in [3.05, 3.63) is 34.6 Å².